The van der Waals surface area contributed by atoms with Gasteiger partial charge in [0.15, 0.2) is 0 Å². The van der Waals surface area contributed by atoms with Crippen LogP contribution in [0.25, 0.3) is 0 Å². The molecule has 0 saturated heterocycles. The molecule has 1 radical (unpaired) electrons. The summed E-state index contributed by atoms with van der Waals surface area (Å²) in [5.41, 5.74) is 0. The van der Waals surface area contributed by atoms with E-state index in [0.29, 0.717) is 0 Å². The number of hydrogen-bond acceptors (Lipinski definition) is 5. The van der Waals surface area contributed by atoms with Crippen LogP contribution in [-0.2, 0) is 35.8 Å². The van der Waals surface area contributed by atoms with Crippen LogP contribution in [0.15, 0.2) is 0 Å². The molecule has 0 aromatic carbocycles. The van der Waals surface area contributed by atoms with Gasteiger partial charge in [-0.25, -0.2) is 0 Å². The summed E-state index contributed by atoms with van der Waals surface area (Å²) in [6, 6.07) is 0. The van der Waals surface area contributed by atoms with Gasteiger partial charge >= 0.3 is 16.5 Å². The summed E-state index contributed by atoms with van der Waals surface area (Å²) in [5, 5.41) is 0. The summed E-state index contributed by atoms with van der Waals surface area (Å²) in [6.07, 6.45) is 0. The van der Waals surface area contributed by atoms with Crippen molar-refractivity contribution >= 4 is 16.5 Å². The Balaban J connectivity index is 0. The minimum absolute atomic E-state index is 0. The van der Waals surface area contributed by atoms with Gasteiger partial charge in [-0.1, -0.05) is 0 Å². The van der Waals surface area contributed by atoms with E-state index in [2.05, 4.69) is 4.31 Å². The molecular weight excluding hydrogens is 250 g/mol. The molecule has 0 N–H and O–H groups in total. The average molecular weight is 250 g/mol. The Labute approximate surface area is 62.5 Å². The van der Waals surface area contributed by atoms with E-state index >= 15 is 0 Å². The Morgan fingerprint density at radius 1 is 1.12 bits per heavy atom. The van der Waals surface area contributed by atoms with Gasteiger partial charge in [0.25, 0.3) is 0 Å². The van der Waals surface area contributed by atoms with E-state index in [4.69, 9.17) is 0 Å². The molecule has 5 nitrogen and oxygen atoms in total. The Kier molecular flexibility index (Phi) is 8.62. The Morgan fingerprint density at radius 2 is 1.38 bits per heavy atom. The molecule has 0 aliphatic rings. The van der Waals surface area contributed by atoms with Crippen LogP contribution in [0.5, 0.6) is 0 Å². The molecule has 2 atom stereocenters. The van der Waals surface area contributed by atoms with Gasteiger partial charge in [0.2, 0.25) is 0 Å². The molecule has 0 spiro atoms. The van der Waals surface area contributed by atoms with Crippen molar-refractivity contribution in [3.63, 3.8) is 0 Å². The third kappa shape index (κ3) is 9.94. The van der Waals surface area contributed by atoms with E-state index in [0.717, 1.165) is 0 Å². The van der Waals surface area contributed by atoms with E-state index < -0.39 is 16.5 Å². The van der Waals surface area contributed by atoms with E-state index in [1.807, 2.05) is 0 Å². The maximum absolute atomic E-state index is 9.24. The fraction of sp³-hybridized carbons (Fsp3) is 0. The molecule has 0 aromatic heterocycles. The molecule has 2 unspecified atom stereocenters. The van der Waals surface area contributed by atoms with Gasteiger partial charge in [0, 0.05) is 22.4 Å². The molecule has 0 saturated carbocycles. The van der Waals surface area contributed by atoms with E-state index in [9.17, 15) is 18.9 Å². The summed E-state index contributed by atoms with van der Waals surface area (Å²) < 4.78 is 21.6. The second-order valence-corrected chi connectivity index (χ2v) is 2.08. The predicted molar refractivity (Wildman–Crippen MR) is 16.3 cm³/mol. The van der Waals surface area contributed by atoms with Crippen LogP contribution in [0.1, 0.15) is 0 Å². The van der Waals surface area contributed by atoms with Crippen molar-refractivity contribution in [2.45, 2.75) is 0 Å². The minimum Gasteiger partial charge on any atom is -0.563 e. The summed E-state index contributed by atoms with van der Waals surface area (Å²) in [5.74, 6) is 0. The van der Waals surface area contributed by atoms with Crippen LogP contribution in [0.2, 0.25) is 0 Å². The standard InChI is InChI=1S/Ag.O5P2/c;1-6(2)5-7(3)4. The first-order valence-corrected chi connectivity index (χ1v) is 3.29. The van der Waals surface area contributed by atoms with Crippen LogP contribution < -0.4 is 9.79 Å². The molecular formula is AgO5P2. The molecule has 0 fully saturated rings. The molecule has 0 aliphatic heterocycles. The smallest absolute Gasteiger partial charge is 0.543 e. The van der Waals surface area contributed by atoms with Crippen molar-refractivity contribution < 1.29 is 45.6 Å². The van der Waals surface area contributed by atoms with Gasteiger partial charge in [-0.15, -0.1) is 0 Å². The quantitative estimate of drug-likeness (QED) is 0.464. The zero-order valence-electron chi connectivity index (χ0n) is 3.24. The maximum atomic E-state index is 9.24. The van der Waals surface area contributed by atoms with E-state index in [1.54, 1.807) is 0 Å². The van der Waals surface area contributed by atoms with Gasteiger partial charge in [-0.2, -0.15) is 0 Å². The van der Waals surface area contributed by atoms with Crippen molar-refractivity contribution in [3.05, 3.63) is 0 Å². The Morgan fingerprint density at radius 3 is 1.38 bits per heavy atom. The minimum atomic E-state index is -3.24. The third-order valence-electron chi connectivity index (χ3n) is 0.133. The fourth-order valence-corrected chi connectivity index (χ4v) is 0.490. The van der Waals surface area contributed by atoms with Gasteiger partial charge in [0.1, 0.15) is 4.31 Å². The molecule has 8 heteroatoms. The van der Waals surface area contributed by atoms with Gasteiger partial charge < -0.3 is 9.79 Å². The van der Waals surface area contributed by atoms with Gasteiger partial charge in [-0.05, 0) is 9.13 Å². The van der Waals surface area contributed by atoms with Crippen molar-refractivity contribution in [2.24, 2.45) is 0 Å². The van der Waals surface area contributed by atoms with E-state index in [1.165, 1.54) is 0 Å². The largest absolute Gasteiger partial charge is 0.563 e. The molecule has 0 bridgehead atoms. The summed E-state index contributed by atoms with van der Waals surface area (Å²) in [4.78, 5) is 18.5. The van der Waals surface area contributed by atoms with Crippen LogP contribution in [0.3, 0.4) is 0 Å². The van der Waals surface area contributed by atoms with Crippen LogP contribution in [0.4, 0.5) is 0 Å². The zero-order valence-corrected chi connectivity index (χ0v) is 6.51. The Bertz CT molecular complexity index is 86.6. The maximum Gasteiger partial charge on any atom is 0.543 e. The monoisotopic (exact) mass is 249 g/mol. The van der Waals surface area contributed by atoms with Crippen molar-refractivity contribution in [3.8, 4) is 0 Å². The predicted octanol–water partition coefficient (Wildman–Crippen LogP) is -0.964. The van der Waals surface area contributed by atoms with Crippen LogP contribution in [-0.4, -0.2) is 0 Å². The third-order valence-corrected chi connectivity index (χ3v) is 1.20. The first kappa shape index (κ1) is 11.6. The molecule has 0 aliphatic carbocycles. The topological polar surface area (TPSA) is 89.5 Å². The SMILES string of the molecule is O=[P+]([O-])O[P+](=O)[O-].[Ag]. The van der Waals surface area contributed by atoms with E-state index in [-0.39, 0.29) is 22.4 Å². The average Bonchev–Trinajstić information content (AvgIpc) is 1.27. The molecule has 8 heavy (non-hydrogen) atoms. The second-order valence-electron chi connectivity index (χ2n) is 0.529. The zero-order chi connectivity index (χ0) is 5.86. The molecule has 0 heterocycles. The second kappa shape index (κ2) is 5.95. The van der Waals surface area contributed by atoms with Gasteiger partial charge in [-0.3, -0.25) is 0 Å². The fourth-order valence-electron chi connectivity index (χ4n) is 0.0544. The van der Waals surface area contributed by atoms with Crippen LogP contribution >= 0.6 is 16.5 Å². The normalized spacial score (nSPS) is 11.8. The summed E-state index contributed by atoms with van der Waals surface area (Å²) in [6.45, 7) is 0. The molecule has 51 valence electrons. The number of rotatable bonds is 2. The van der Waals surface area contributed by atoms with Crippen molar-refractivity contribution in [1.82, 2.24) is 0 Å². The summed E-state index contributed by atoms with van der Waals surface area (Å²) in [7, 11) is -6.47. The molecule has 0 aromatic rings. The van der Waals surface area contributed by atoms with Crippen LogP contribution in [0, 0.1) is 0 Å². The summed E-state index contributed by atoms with van der Waals surface area (Å²) >= 11 is 0. The molecule has 0 rings (SSSR count). The van der Waals surface area contributed by atoms with Gasteiger partial charge in [0.05, 0.1) is 0 Å². The molecule has 0 amide bonds. The first-order valence-electron chi connectivity index (χ1n) is 1.10. The number of hydrogen-bond donors (Lipinski definition) is 0. The first-order chi connectivity index (χ1) is 3.13. The van der Waals surface area contributed by atoms with Crippen molar-refractivity contribution in [2.75, 3.05) is 0 Å². The van der Waals surface area contributed by atoms with Crippen molar-refractivity contribution in [1.29, 1.82) is 0 Å². The Hall–Kier alpha value is 0.820.